The van der Waals surface area contributed by atoms with Crippen molar-refractivity contribution in [2.75, 3.05) is 11.1 Å². The van der Waals surface area contributed by atoms with E-state index in [4.69, 9.17) is 12.2 Å². The molecule has 0 unspecified atom stereocenters. The number of nitrogens with one attached hydrogen (secondary N) is 1. The number of rotatable bonds is 5. The summed E-state index contributed by atoms with van der Waals surface area (Å²) in [6.45, 7) is 6.50. The normalized spacial score (nSPS) is 11.4. The fourth-order valence-corrected chi connectivity index (χ4v) is 4.59. The number of nitrogens with zero attached hydrogens (tertiary/aromatic N) is 2. The highest BCUT2D eigenvalue weighted by atomic mass is 32.2. The first-order valence-corrected chi connectivity index (χ1v) is 10.7. The van der Waals surface area contributed by atoms with Gasteiger partial charge in [-0.2, -0.15) is 0 Å². The lowest BCUT2D eigenvalue weighted by Crippen LogP contribution is -2.15. The molecule has 3 rings (SSSR count). The SMILES string of the molecule is CC(C)(C)c1ccc(NC(=O)CSc2nn(-c3ccccc3)c(=S)s2)cc1. The number of hydrogen-bond acceptors (Lipinski definition) is 5. The zero-order valence-corrected chi connectivity index (χ0v) is 17.9. The molecule has 0 atom stereocenters. The number of anilines is 1. The summed E-state index contributed by atoms with van der Waals surface area (Å²) in [6, 6.07) is 17.7. The van der Waals surface area contributed by atoms with Gasteiger partial charge < -0.3 is 5.32 Å². The molecule has 7 heteroatoms. The second-order valence-electron chi connectivity index (χ2n) is 7.05. The summed E-state index contributed by atoms with van der Waals surface area (Å²) in [4.78, 5) is 12.2. The fraction of sp³-hybridized carbons (Fsp3) is 0.250. The molecule has 0 radical (unpaired) electrons. The van der Waals surface area contributed by atoms with Crippen LogP contribution in [0.25, 0.3) is 5.69 Å². The van der Waals surface area contributed by atoms with Crippen molar-refractivity contribution < 1.29 is 4.79 Å². The lowest BCUT2D eigenvalue weighted by Gasteiger charge is -2.19. The Morgan fingerprint density at radius 1 is 1.15 bits per heavy atom. The number of benzene rings is 2. The van der Waals surface area contributed by atoms with Gasteiger partial charge in [-0.25, -0.2) is 4.68 Å². The third-order valence-corrected chi connectivity index (χ3v) is 6.26. The Morgan fingerprint density at radius 3 is 2.44 bits per heavy atom. The van der Waals surface area contributed by atoms with Crippen LogP contribution in [0.4, 0.5) is 5.69 Å². The first-order valence-electron chi connectivity index (χ1n) is 8.52. The number of hydrogen-bond donors (Lipinski definition) is 1. The molecule has 1 N–H and O–H groups in total. The second-order valence-corrected chi connectivity index (χ2v) is 9.89. The highest BCUT2D eigenvalue weighted by molar-refractivity contribution is 8.01. The molecule has 27 heavy (non-hydrogen) atoms. The number of amides is 1. The van der Waals surface area contributed by atoms with E-state index in [0.29, 0.717) is 3.95 Å². The van der Waals surface area contributed by atoms with Gasteiger partial charge in [0.15, 0.2) is 8.29 Å². The fourth-order valence-electron chi connectivity index (χ4n) is 2.43. The number of para-hydroxylation sites is 1. The molecule has 0 aliphatic heterocycles. The Bertz CT molecular complexity index is 970. The van der Waals surface area contributed by atoms with Crippen LogP contribution in [0.5, 0.6) is 0 Å². The maximum atomic E-state index is 12.2. The van der Waals surface area contributed by atoms with Gasteiger partial charge in [-0.3, -0.25) is 4.79 Å². The van der Waals surface area contributed by atoms with Crippen LogP contribution in [0.2, 0.25) is 0 Å². The van der Waals surface area contributed by atoms with Gasteiger partial charge in [-0.05, 0) is 47.5 Å². The zero-order valence-electron chi connectivity index (χ0n) is 15.4. The van der Waals surface area contributed by atoms with Crippen molar-refractivity contribution >= 4 is 46.9 Å². The summed E-state index contributed by atoms with van der Waals surface area (Å²) in [7, 11) is 0. The maximum absolute atomic E-state index is 12.2. The molecule has 0 aliphatic rings. The van der Waals surface area contributed by atoms with Crippen molar-refractivity contribution in [1.29, 1.82) is 0 Å². The van der Waals surface area contributed by atoms with Gasteiger partial charge in [-0.1, -0.05) is 74.2 Å². The highest BCUT2D eigenvalue weighted by Crippen LogP contribution is 2.25. The Hall–Kier alpha value is -1.96. The van der Waals surface area contributed by atoms with Crippen molar-refractivity contribution in [3.05, 3.63) is 64.1 Å². The molecule has 0 saturated carbocycles. The number of thioether (sulfide) groups is 1. The molecule has 1 aromatic heterocycles. The summed E-state index contributed by atoms with van der Waals surface area (Å²) in [5.74, 6) is 0.230. The van der Waals surface area contributed by atoms with Crippen LogP contribution in [-0.4, -0.2) is 21.4 Å². The predicted octanol–water partition coefficient (Wildman–Crippen LogP) is 5.69. The summed E-state index contributed by atoms with van der Waals surface area (Å²) < 4.78 is 3.18. The standard InChI is InChI=1S/C20H21N3OS3/c1-20(2,3)14-9-11-15(12-10-14)21-17(24)13-26-18-22-23(19(25)27-18)16-7-5-4-6-8-16/h4-12H,13H2,1-3H3,(H,21,24). The minimum Gasteiger partial charge on any atom is -0.325 e. The van der Waals surface area contributed by atoms with Gasteiger partial charge >= 0.3 is 0 Å². The van der Waals surface area contributed by atoms with Crippen LogP contribution < -0.4 is 5.32 Å². The van der Waals surface area contributed by atoms with Gasteiger partial charge in [0, 0.05) is 5.69 Å². The molecule has 0 spiro atoms. The zero-order chi connectivity index (χ0) is 19.4. The molecule has 0 aliphatic carbocycles. The molecular weight excluding hydrogens is 394 g/mol. The number of carbonyl (C=O) groups excluding carboxylic acids is 1. The van der Waals surface area contributed by atoms with E-state index in [2.05, 4.69) is 43.3 Å². The lowest BCUT2D eigenvalue weighted by molar-refractivity contribution is -0.113. The molecule has 0 bridgehead atoms. The van der Waals surface area contributed by atoms with Crippen molar-refractivity contribution in [3.8, 4) is 5.69 Å². The monoisotopic (exact) mass is 415 g/mol. The minimum atomic E-state index is -0.0594. The molecule has 1 heterocycles. The molecule has 4 nitrogen and oxygen atoms in total. The van der Waals surface area contributed by atoms with Crippen molar-refractivity contribution in [2.45, 2.75) is 30.5 Å². The van der Waals surface area contributed by atoms with Gasteiger partial charge in [0.2, 0.25) is 5.91 Å². The average molecular weight is 416 g/mol. The highest BCUT2D eigenvalue weighted by Gasteiger charge is 2.13. The van der Waals surface area contributed by atoms with E-state index in [9.17, 15) is 4.79 Å². The van der Waals surface area contributed by atoms with Crippen molar-refractivity contribution in [3.63, 3.8) is 0 Å². The van der Waals surface area contributed by atoms with Gasteiger partial charge in [-0.15, -0.1) is 5.10 Å². The lowest BCUT2D eigenvalue weighted by atomic mass is 9.87. The maximum Gasteiger partial charge on any atom is 0.234 e. The summed E-state index contributed by atoms with van der Waals surface area (Å²) in [5, 5.41) is 7.44. The Morgan fingerprint density at radius 2 is 1.81 bits per heavy atom. The first kappa shape index (κ1) is 19.8. The molecule has 1 amide bonds. The van der Waals surface area contributed by atoms with Gasteiger partial charge in [0.1, 0.15) is 0 Å². The topological polar surface area (TPSA) is 46.9 Å². The minimum absolute atomic E-state index is 0.0594. The predicted molar refractivity (Wildman–Crippen MR) is 117 cm³/mol. The van der Waals surface area contributed by atoms with Crippen LogP contribution in [-0.2, 0) is 10.2 Å². The smallest absolute Gasteiger partial charge is 0.234 e. The molecule has 140 valence electrons. The van der Waals surface area contributed by atoms with E-state index in [1.807, 2.05) is 42.5 Å². The molecule has 3 aromatic rings. The summed E-state index contributed by atoms with van der Waals surface area (Å²) >= 11 is 8.19. The van der Waals surface area contributed by atoms with Crippen LogP contribution >= 0.6 is 35.3 Å². The Kier molecular flexibility index (Phi) is 6.14. The van der Waals surface area contributed by atoms with Crippen LogP contribution in [0.3, 0.4) is 0 Å². The second kappa shape index (κ2) is 8.37. The average Bonchev–Trinajstić information content (AvgIpc) is 3.01. The van der Waals surface area contributed by atoms with E-state index in [1.165, 1.54) is 28.7 Å². The van der Waals surface area contributed by atoms with Crippen LogP contribution in [0.1, 0.15) is 26.3 Å². The van der Waals surface area contributed by atoms with E-state index in [-0.39, 0.29) is 17.1 Å². The molecular formula is C20H21N3OS3. The quantitative estimate of drug-likeness (QED) is 0.429. The Labute approximate surface area is 172 Å². The third-order valence-electron chi connectivity index (χ3n) is 3.89. The van der Waals surface area contributed by atoms with Crippen molar-refractivity contribution in [2.24, 2.45) is 0 Å². The largest absolute Gasteiger partial charge is 0.325 e. The summed E-state index contributed by atoms with van der Waals surface area (Å²) in [6.07, 6.45) is 0. The van der Waals surface area contributed by atoms with E-state index in [0.717, 1.165) is 15.7 Å². The van der Waals surface area contributed by atoms with E-state index < -0.39 is 0 Å². The van der Waals surface area contributed by atoms with Gasteiger partial charge in [0.05, 0.1) is 11.4 Å². The van der Waals surface area contributed by atoms with E-state index >= 15 is 0 Å². The van der Waals surface area contributed by atoms with Crippen LogP contribution in [0.15, 0.2) is 58.9 Å². The number of aromatic nitrogens is 2. The summed E-state index contributed by atoms with van der Waals surface area (Å²) in [5.41, 5.74) is 3.06. The van der Waals surface area contributed by atoms with Crippen molar-refractivity contribution in [1.82, 2.24) is 9.78 Å². The number of carbonyl (C=O) groups is 1. The van der Waals surface area contributed by atoms with Crippen LogP contribution in [0, 0.1) is 3.95 Å². The van der Waals surface area contributed by atoms with E-state index in [1.54, 1.807) is 4.68 Å². The molecule has 0 fully saturated rings. The van der Waals surface area contributed by atoms with Gasteiger partial charge in [0.25, 0.3) is 0 Å². The first-order chi connectivity index (χ1) is 12.8. The Balaban J connectivity index is 1.59. The molecule has 0 saturated heterocycles. The third kappa shape index (κ3) is 5.28. The molecule has 2 aromatic carbocycles.